The van der Waals surface area contributed by atoms with Gasteiger partial charge in [-0.25, -0.2) is 4.68 Å². The largest absolute Gasteiger partial charge is 0.333 e. The molecule has 0 bridgehead atoms. The molecule has 3 heterocycles. The molecule has 0 spiro atoms. The predicted molar refractivity (Wildman–Crippen MR) is 101 cm³/mol. The van der Waals surface area contributed by atoms with Crippen LogP contribution in [0.1, 0.15) is 12.1 Å². The molecule has 0 radical (unpaired) electrons. The van der Waals surface area contributed by atoms with Crippen molar-refractivity contribution in [2.45, 2.75) is 13.1 Å². The van der Waals surface area contributed by atoms with Gasteiger partial charge in [0.15, 0.2) is 0 Å². The van der Waals surface area contributed by atoms with Crippen molar-refractivity contribution in [1.29, 1.82) is 0 Å². The van der Waals surface area contributed by atoms with Gasteiger partial charge in [0.05, 0.1) is 18.4 Å². The maximum atomic E-state index is 12.9. The summed E-state index contributed by atoms with van der Waals surface area (Å²) in [6, 6.07) is 13.2. The van der Waals surface area contributed by atoms with E-state index in [-0.39, 0.29) is 5.56 Å². The maximum Gasteiger partial charge on any atom is 0.333 e. The van der Waals surface area contributed by atoms with Crippen molar-refractivity contribution in [3.63, 3.8) is 0 Å². The Morgan fingerprint density at radius 3 is 2.57 bits per heavy atom. The molecule has 0 N–H and O–H groups in total. The molecule has 0 aliphatic heterocycles. The minimum absolute atomic E-state index is 0.243. The average molecular weight is 381 g/mol. The number of benzene rings is 1. The molecule has 1 aromatic carbocycles. The molecule has 3 aromatic heterocycles. The van der Waals surface area contributed by atoms with Crippen LogP contribution >= 0.6 is 0 Å². The molecule has 142 valence electrons. The lowest BCUT2D eigenvalue weighted by molar-refractivity contribution is 0.0566. The zero-order valence-corrected chi connectivity index (χ0v) is 15.0. The molecular formula is C20H17F2N5O. The van der Waals surface area contributed by atoms with E-state index in [0.717, 1.165) is 5.56 Å². The number of aryl methyl sites for hydroxylation is 1. The molecule has 28 heavy (non-hydrogen) atoms. The van der Waals surface area contributed by atoms with E-state index in [1.807, 2.05) is 42.6 Å². The molecule has 0 fully saturated rings. The highest BCUT2D eigenvalue weighted by Gasteiger charge is 2.16. The lowest BCUT2D eigenvalue weighted by Gasteiger charge is -2.08. The third-order valence-corrected chi connectivity index (χ3v) is 4.44. The summed E-state index contributed by atoms with van der Waals surface area (Å²) < 4.78 is 29.6. The molecule has 0 saturated heterocycles. The lowest BCUT2D eigenvalue weighted by Crippen LogP contribution is -2.15. The SMILES string of the molecule is Cn1cc(-c2ccn(Cc3ccccc3)n2)c(-c2cnn(C(F)F)c2)cc1=O. The second kappa shape index (κ2) is 7.22. The van der Waals surface area contributed by atoms with E-state index in [9.17, 15) is 13.6 Å². The summed E-state index contributed by atoms with van der Waals surface area (Å²) in [6.07, 6.45) is 6.06. The van der Waals surface area contributed by atoms with E-state index in [1.165, 1.54) is 23.0 Å². The highest BCUT2D eigenvalue weighted by molar-refractivity contribution is 5.80. The van der Waals surface area contributed by atoms with Crippen LogP contribution in [0.3, 0.4) is 0 Å². The summed E-state index contributed by atoms with van der Waals surface area (Å²) in [5, 5.41) is 8.27. The Kier molecular flexibility index (Phi) is 4.60. The molecule has 4 aromatic rings. The quantitative estimate of drug-likeness (QED) is 0.531. The summed E-state index contributed by atoms with van der Waals surface area (Å²) in [4.78, 5) is 12.1. The van der Waals surface area contributed by atoms with Crippen molar-refractivity contribution in [1.82, 2.24) is 24.1 Å². The molecule has 0 unspecified atom stereocenters. The van der Waals surface area contributed by atoms with Gasteiger partial charge in [-0.2, -0.15) is 19.0 Å². The molecule has 0 aliphatic rings. The minimum atomic E-state index is -2.74. The van der Waals surface area contributed by atoms with Crippen molar-refractivity contribution in [2.24, 2.45) is 7.05 Å². The first-order valence-corrected chi connectivity index (χ1v) is 8.62. The van der Waals surface area contributed by atoms with Crippen LogP contribution in [-0.4, -0.2) is 24.1 Å². The Labute approximate surface area is 159 Å². The predicted octanol–water partition coefficient (Wildman–Crippen LogP) is 3.56. The zero-order chi connectivity index (χ0) is 19.7. The van der Waals surface area contributed by atoms with Crippen LogP contribution in [0.5, 0.6) is 0 Å². The molecule has 4 rings (SSSR count). The Morgan fingerprint density at radius 1 is 1.07 bits per heavy atom. The molecule has 0 atom stereocenters. The molecule has 8 heteroatoms. The number of nitrogens with zero attached hydrogens (tertiary/aromatic N) is 5. The van der Waals surface area contributed by atoms with Gasteiger partial charge in [-0.05, 0) is 11.6 Å². The van der Waals surface area contributed by atoms with E-state index < -0.39 is 6.55 Å². The number of hydrogen-bond donors (Lipinski definition) is 0. The summed E-state index contributed by atoms with van der Waals surface area (Å²) in [7, 11) is 1.64. The Bertz CT molecular complexity index is 1160. The fourth-order valence-corrected chi connectivity index (χ4v) is 3.02. The van der Waals surface area contributed by atoms with Crippen LogP contribution in [0, 0.1) is 0 Å². The fraction of sp³-hybridized carbons (Fsp3) is 0.150. The summed E-state index contributed by atoms with van der Waals surface area (Å²) in [6.45, 7) is -2.14. The first-order valence-electron chi connectivity index (χ1n) is 8.62. The van der Waals surface area contributed by atoms with Gasteiger partial charge in [0, 0.05) is 48.4 Å². The zero-order valence-electron chi connectivity index (χ0n) is 15.0. The Balaban J connectivity index is 1.75. The van der Waals surface area contributed by atoms with Gasteiger partial charge in [0.25, 0.3) is 5.56 Å². The van der Waals surface area contributed by atoms with Crippen molar-refractivity contribution in [2.75, 3.05) is 0 Å². The number of rotatable bonds is 5. The van der Waals surface area contributed by atoms with Gasteiger partial charge in [0.1, 0.15) is 0 Å². The molecular weight excluding hydrogens is 364 g/mol. The van der Waals surface area contributed by atoms with Crippen molar-refractivity contribution < 1.29 is 8.78 Å². The van der Waals surface area contributed by atoms with Gasteiger partial charge >= 0.3 is 6.55 Å². The number of halogens is 2. The van der Waals surface area contributed by atoms with E-state index in [4.69, 9.17) is 0 Å². The van der Waals surface area contributed by atoms with Gasteiger partial charge in [-0.15, -0.1) is 0 Å². The van der Waals surface area contributed by atoms with Crippen molar-refractivity contribution in [3.8, 4) is 22.4 Å². The van der Waals surface area contributed by atoms with Gasteiger partial charge in [-0.1, -0.05) is 30.3 Å². The summed E-state index contributed by atoms with van der Waals surface area (Å²) in [5.74, 6) is 0. The van der Waals surface area contributed by atoms with E-state index in [0.29, 0.717) is 33.6 Å². The van der Waals surface area contributed by atoms with E-state index in [1.54, 1.807) is 17.9 Å². The first-order chi connectivity index (χ1) is 13.5. The Hall–Kier alpha value is -3.55. The second-order valence-electron chi connectivity index (χ2n) is 6.42. The minimum Gasteiger partial charge on any atom is -0.318 e. The summed E-state index contributed by atoms with van der Waals surface area (Å²) in [5.41, 5.74) is 3.13. The standard InChI is InChI=1S/C20H17F2N5O/c1-25-13-17(16(9-19(25)28)15-10-23-27(12-15)20(21)22)18-7-8-26(24-18)11-14-5-3-2-4-6-14/h2-10,12-13,20H,11H2,1H3. The van der Waals surface area contributed by atoms with Crippen LogP contribution in [-0.2, 0) is 13.6 Å². The average Bonchev–Trinajstić information content (AvgIpc) is 3.34. The van der Waals surface area contributed by atoms with E-state index in [2.05, 4.69) is 10.2 Å². The van der Waals surface area contributed by atoms with Crippen LogP contribution in [0.15, 0.2) is 72.0 Å². The van der Waals surface area contributed by atoms with Crippen molar-refractivity contribution >= 4 is 0 Å². The first kappa shape index (κ1) is 17.8. The number of pyridine rings is 1. The highest BCUT2D eigenvalue weighted by atomic mass is 19.3. The molecule has 0 amide bonds. The van der Waals surface area contributed by atoms with Crippen LogP contribution in [0.25, 0.3) is 22.4 Å². The monoisotopic (exact) mass is 381 g/mol. The second-order valence-corrected chi connectivity index (χ2v) is 6.42. The van der Waals surface area contributed by atoms with E-state index >= 15 is 0 Å². The third-order valence-electron chi connectivity index (χ3n) is 4.44. The van der Waals surface area contributed by atoms with Gasteiger partial charge in [-0.3, -0.25) is 9.48 Å². The van der Waals surface area contributed by atoms with Crippen molar-refractivity contribution in [3.05, 3.63) is 83.2 Å². The molecule has 6 nitrogen and oxygen atoms in total. The number of aromatic nitrogens is 5. The van der Waals surface area contributed by atoms with Crippen LogP contribution < -0.4 is 5.56 Å². The topological polar surface area (TPSA) is 57.6 Å². The lowest BCUT2D eigenvalue weighted by atomic mass is 10.0. The maximum absolute atomic E-state index is 12.9. The van der Waals surface area contributed by atoms with Gasteiger partial charge < -0.3 is 4.57 Å². The molecule has 0 aliphatic carbocycles. The van der Waals surface area contributed by atoms with Crippen LogP contribution in [0.4, 0.5) is 8.78 Å². The smallest absolute Gasteiger partial charge is 0.318 e. The molecule has 0 saturated carbocycles. The van der Waals surface area contributed by atoms with Gasteiger partial charge in [0.2, 0.25) is 0 Å². The Morgan fingerprint density at radius 2 is 1.86 bits per heavy atom. The van der Waals surface area contributed by atoms with Crippen LogP contribution in [0.2, 0.25) is 0 Å². The fourth-order valence-electron chi connectivity index (χ4n) is 3.02. The highest BCUT2D eigenvalue weighted by Crippen LogP contribution is 2.30. The number of alkyl halides is 2. The third kappa shape index (κ3) is 3.48. The number of hydrogen-bond acceptors (Lipinski definition) is 3. The summed E-state index contributed by atoms with van der Waals surface area (Å²) >= 11 is 0. The normalized spacial score (nSPS) is 11.3.